The summed E-state index contributed by atoms with van der Waals surface area (Å²) in [6, 6.07) is 6.22. The molecule has 1 aliphatic heterocycles. The van der Waals surface area contributed by atoms with Gasteiger partial charge in [-0.25, -0.2) is 0 Å². The van der Waals surface area contributed by atoms with Crippen molar-refractivity contribution in [3.63, 3.8) is 0 Å². The van der Waals surface area contributed by atoms with Crippen molar-refractivity contribution < 1.29 is 0 Å². The molecule has 1 fully saturated rings. The molecule has 2 N–H and O–H groups in total. The van der Waals surface area contributed by atoms with Crippen molar-refractivity contribution >= 4 is 27.5 Å². The van der Waals surface area contributed by atoms with E-state index in [2.05, 4.69) is 52.6 Å². The van der Waals surface area contributed by atoms with Crippen LogP contribution in [0.15, 0.2) is 22.7 Å². The minimum atomic E-state index is 0.241. The number of hydrogen-bond acceptors (Lipinski definition) is 3. The van der Waals surface area contributed by atoms with Gasteiger partial charge in [-0.2, -0.15) is 0 Å². The molecule has 5 heteroatoms. The molecule has 1 unspecified atom stereocenters. The fraction of sp³-hybridized carbons (Fsp3) is 0.625. The third-order valence-electron chi connectivity index (χ3n) is 4.25. The van der Waals surface area contributed by atoms with Gasteiger partial charge in [-0.3, -0.25) is 9.80 Å². The fourth-order valence-corrected chi connectivity index (χ4v) is 3.90. The van der Waals surface area contributed by atoms with Gasteiger partial charge in [0.1, 0.15) is 0 Å². The van der Waals surface area contributed by atoms with Crippen LogP contribution in [0.25, 0.3) is 0 Å². The first-order valence-electron chi connectivity index (χ1n) is 7.47. The lowest BCUT2D eigenvalue weighted by atomic mass is 10.0. The van der Waals surface area contributed by atoms with Gasteiger partial charge in [0, 0.05) is 53.8 Å². The predicted molar refractivity (Wildman–Crippen MR) is 93.8 cm³/mol. The first kappa shape index (κ1) is 17.2. The van der Waals surface area contributed by atoms with Gasteiger partial charge in [0.25, 0.3) is 0 Å². The zero-order valence-electron chi connectivity index (χ0n) is 13.1. The van der Waals surface area contributed by atoms with Gasteiger partial charge in [0.2, 0.25) is 0 Å². The Kier molecular flexibility index (Phi) is 5.71. The molecule has 0 aliphatic carbocycles. The van der Waals surface area contributed by atoms with Crippen LogP contribution in [0.4, 0.5) is 0 Å². The van der Waals surface area contributed by atoms with E-state index in [0.717, 1.165) is 35.7 Å². The average Bonchev–Trinajstić information content (AvgIpc) is 2.41. The molecule has 0 amide bonds. The Labute approximate surface area is 141 Å². The zero-order chi connectivity index (χ0) is 15.6. The van der Waals surface area contributed by atoms with Gasteiger partial charge in [-0.1, -0.05) is 33.6 Å². The summed E-state index contributed by atoms with van der Waals surface area (Å²) >= 11 is 9.66. The molecule has 1 aromatic carbocycles. The Hall–Kier alpha value is -0.130. The number of rotatable bonds is 3. The van der Waals surface area contributed by atoms with Gasteiger partial charge in [0.15, 0.2) is 0 Å². The summed E-state index contributed by atoms with van der Waals surface area (Å²) in [5, 5.41) is 0.749. The number of nitrogens with zero attached hydrogens (tertiary/aromatic N) is 2. The summed E-state index contributed by atoms with van der Waals surface area (Å²) in [6.07, 6.45) is 0. The van der Waals surface area contributed by atoms with E-state index in [0.29, 0.717) is 6.54 Å². The van der Waals surface area contributed by atoms with Gasteiger partial charge in [0.05, 0.1) is 0 Å². The van der Waals surface area contributed by atoms with E-state index < -0.39 is 0 Å². The van der Waals surface area contributed by atoms with Crippen molar-refractivity contribution in [1.29, 1.82) is 0 Å². The summed E-state index contributed by atoms with van der Waals surface area (Å²) in [7, 11) is 0. The highest BCUT2D eigenvalue weighted by Crippen LogP contribution is 2.31. The predicted octanol–water partition coefficient (Wildman–Crippen LogP) is 3.52. The molecule has 0 saturated carbocycles. The summed E-state index contributed by atoms with van der Waals surface area (Å²) in [4.78, 5) is 5.02. The number of nitrogens with two attached hydrogens (primary N) is 1. The number of halogens is 2. The average molecular weight is 375 g/mol. The summed E-state index contributed by atoms with van der Waals surface area (Å²) in [5.41, 5.74) is 7.52. The molecule has 3 nitrogen and oxygen atoms in total. The van der Waals surface area contributed by atoms with E-state index in [1.54, 1.807) is 0 Å². The zero-order valence-corrected chi connectivity index (χ0v) is 15.4. The van der Waals surface area contributed by atoms with Gasteiger partial charge >= 0.3 is 0 Å². The first-order chi connectivity index (χ1) is 9.82. The van der Waals surface area contributed by atoms with Crippen LogP contribution in [0, 0.1) is 0 Å². The Morgan fingerprint density at radius 1 is 1.24 bits per heavy atom. The molecule has 21 heavy (non-hydrogen) atoms. The second-order valence-electron chi connectivity index (χ2n) is 6.61. The van der Waals surface area contributed by atoms with E-state index in [9.17, 15) is 0 Å². The van der Waals surface area contributed by atoms with Gasteiger partial charge < -0.3 is 5.73 Å². The Morgan fingerprint density at radius 3 is 2.33 bits per heavy atom. The number of piperazine rings is 1. The van der Waals surface area contributed by atoms with Crippen LogP contribution in [0.1, 0.15) is 32.4 Å². The van der Waals surface area contributed by atoms with Crippen LogP contribution in [0.5, 0.6) is 0 Å². The maximum absolute atomic E-state index is 6.05. The number of hydrogen-bond donors (Lipinski definition) is 1. The minimum absolute atomic E-state index is 0.241. The summed E-state index contributed by atoms with van der Waals surface area (Å²) in [6.45, 7) is 11.7. The monoisotopic (exact) mass is 373 g/mol. The Bertz CT molecular complexity index is 479. The van der Waals surface area contributed by atoms with Crippen LogP contribution in [0.3, 0.4) is 0 Å². The maximum atomic E-state index is 6.05. The van der Waals surface area contributed by atoms with Crippen LogP contribution < -0.4 is 5.73 Å². The van der Waals surface area contributed by atoms with Crippen LogP contribution in [-0.2, 0) is 0 Å². The molecule has 1 aliphatic rings. The molecule has 0 radical (unpaired) electrons. The van der Waals surface area contributed by atoms with E-state index >= 15 is 0 Å². The van der Waals surface area contributed by atoms with Crippen LogP contribution in [-0.4, -0.2) is 48.1 Å². The van der Waals surface area contributed by atoms with E-state index in [4.69, 9.17) is 17.3 Å². The topological polar surface area (TPSA) is 32.5 Å². The second-order valence-corrected chi connectivity index (χ2v) is 7.90. The lowest BCUT2D eigenvalue weighted by Gasteiger charge is -2.44. The third kappa shape index (κ3) is 4.20. The minimum Gasteiger partial charge on any atom is -0.329 e. The van der Waals surface area contributed by atoms with Gasteiger partial charge in [-0.15, -0.1) is 0 Å². The standard InChI is InChI=1S/C16H25BrClN3/c1-16(2,3)21-8-6-20(7-9-21)15(11-19)13-5-4-12(18)10-14(13)17/h4-5,10,15H,6-9,11,19H2,1-3H3. The SMILES string of the molecule is CC(C)(C)N1CCN(C(CN)c2ccc(Cl)cc2Br)CC1. The second kappa shape index (κ2) is 6.97. The van der Waals surface area contributed by atoms with Gasteiger partial charge in [-0.05, 0) is 38.5 Å². The maximum Gasteiger partial charge on any atom is 0.0482 e. The van der Waals surface area contributed by atoms with Crippen molar-refractivity contribution in [3.05, 3.63) is 33.3 Å². The molecule has 1 saturated heterocycles. The summed E-state index contributed by atoms with van der Waals surface area (Å²) in [5.74, 6) is 0. The quantitative estimate of drug-likeness (QED) is 0.878. The molecule has 1 atom stereocenters. The van der Waals surface area contributed by atoms with Crippen molar-refractivity contribution in [2.24, 2.45) is 5.73 Å². The van der Waals surface area contributed by atoms with Crippen molar-refractivity contribution in [3.8, 4) is 0 Å². The molecule has 0 spiro atoms. The van der Waals surface area contributed by atoms with E-state index in [1.165, 1.54) is 5.56 Å². The Balaban J connectivity index is 2.09. The van der Waals surface area contributed by atoms with Crippen molar-refractivity contribution in [2.75, 3.05) is 32.7 Å². The van der Waals surface area contributed by atoms with Crippen LogP contribution >= 0.6 is 27.5 Å². The highest BCUT2D eigenvalue weighted by molar-refractivity contribution is 9.10. The highest BCUT2D eigenvalue weighted by atomic mass is 79.9. The third-order valence-corrected chi connectivity index (χ3v) is 5.17. The largest absolute Gasteiger partial charge is 0.329 e. The lowest BCUT2D eigenvalue weighted by Crippen LogP contribution is -2.54. The highest BCUT2D eigenvalue weighted by Gasteiger charge is 2.29. The first-order valence-corrected chi connectivity index (χ1v) is 8.64. The van der Waals surface area contributed by atoms with Crippen molar-refractivity contribution in [1.82, 2.24) is 9.80 Å². The Morgan fingerprint density at radius 2 is 1.86 bits per heavy atom. The molecular weight excluding hydrogens is 350 g/mol. The van der Waals surface area contributed by atoms with E-state index in [1.807, 2.05) is 12.1 Å². The molecular formula is C16H25BrClN3. The smallest absolute Gasteiger partial charge is 0.0482 e. The summed E-state index contributed by atoms with van der Waals surface area (Å²) < 4.78 is 1.05. The molecule has 118 valence electrons. The normalized spacial score (nSPS) is 19.7. The molecule has 0 aromatic heterocycles. The van der Waals surface area contributed by atoms with Crippen LogP contribution in [0.2, 0.25) is 5.02 Å². The lowest BCUT2D eigenvalue weighted by molar-refractivity contribution is 0.0432. The fourth-order valence-electron chi connectivity index (χ4n) is 2.95. The number of benzene rings is 1. The molecule has 1 heterocycles. The van der Waals surface area contributed by atoms with E-state index in [-0.39, 0.29) is 11.6 Å². The molecule has 0 bridgehead atoms. The molecule has 2 rings (SSSR count). The van der Waals surface area contributed by atoms with Crippen molar-refractivity contribution in [2.45, 2.75) is 32.4 Å². The molecule has 1 aromatic rings.